The zero-order valence-corrected chi connectivity index (χ0v) is 8.21. The maximum absolute atomic E-state index is 11.5. The summed E-state index contributed by atoms with van der Waals surface area (Å²) in [7, 11) is 1.72. The van der Waals surface area contributed by atoms with Crippen LogP contribution in [0.3, 0.4) is 0 Å². The van der Waals surface area contributed by atoms with E-state index in [1.807, 2.05) is 6.92 Å². The second-order valence-corrected chi connectivity index (χ2v) is 3.53. The van der Waals surface area contributed by atoms with Crippen LogP contribution in [-0.2, 0) is 0 Å². The van der Waals surface area contributed by atoms with Crippen LogP contribution in [0.1, 0.15) is 26.2 Å². The van der Waals surface area contributed by atoms with Gasteiger partial charge in [0.25, 0.3) is 0 Å². The van der Waals surface area contributed by atoms with Crippen molar-refractivity contribution in [3.8, 4) is 12.3 Å². The zero-order chi connectivity index (χ0) is 9.84. The van der Waals surface area contributed by atoms with Gasteiger partial charge in [-0.1, -0.05) is 5.92 Å². The van der Waals surface area contributed by atoms with Gasteiger partial charge in [0.1, 0.15) is 0 Å². The summed E-state index contributed by atoms with van der Waals surface area (Å²) in [6.07, 6.45) is 8.64. The van der Waals surface area contributed by atoms with E-state index in [4.69, 9.17) is 6.42 Å². The van der Waals surface area contributed by atoms with Gasteiger partial charge in [0, 0.05) is 13.1 Å². The first kappa shape index (κ1) is 9.91. The summed E-state index contributed by atoms with van der Waals surface area (Å²) < 4.78 is 0. The van der Waals surface area contributed by atoms with E-state index in [0.29, 0.717) is 6.04 Å². The zero-order valence-electron chi connectivity index (χ0n) is 8.21. The number of rotatable bonds is 2. The van der Waals surface area contributed by atoms with Crippen LogP contribution in [-0.4, -0.2) is 30.1 Å². The first-order valence-corrected chi connectivity index (χ1v) is 4.64. The molecule has 2 amide bonds. The topological polar surface area (TPSA) is 32.3 Å². The Balaban J connectivity index is 2.33. The van der Waals surface area contributed by atoms with E-state index in [1.165, 1.54) is 6.42 Å². The van der Waals surface area contributed by atoms with Gasteiger partial charge in [-0.2, -0.15) is 0 Å². The highest BCUT2D eigenvalue weighted by Crippen LogP contribution is 2.18. The van der Waals surface area contributed by atoms with Crippen LogP contribution >= 0.6 is 0 Å². The smallest absolute Gasteiger partial charge is 0.318 e. The van der Waals surface area contributed by atoms with Gasteiger partial charge in [0.15, 0.2) is 0 Å². The van der Waals surface area contributed by atoms with E-state index in [1.54, 1.807) is 11.9 Å². The molecular formula is C10H16N2O. The molecule has 1 rings (SSSR count). The number of urea groups is 1. The van der Waals surface area contributed by atoms with Gasteiger partial charge in [-0.25, -0.2) is 4.79 Å². The van der Waals surface area contributed by atoms with Crippen LogP contribution in [0.4, 0.5) is 4.79 Å². The Labute approximate surface area is 79.5 Å². The molecule has 0 radical (unpaired) electrons. The number of hydrogen-bond donors (Lipinski definition) is 1. The molecule has 1 N–H and O–H groups in total. The maximum atomic E-state index is 11.5. The lowest BCUT2D eigenvalue weighted by Gasteiger charge is -2.30. The van der Waals surface area contributed by atoms with Crippen molar-refractivity contribution in [2.24, 2.45) is 0 Å². The van der Waals surface area contributed by atoms with E-state index in [2.05, 4.69) is 11.2 Å². The van der Waals surface area contributed by atoms with E-state index in [9.17, 15) is 4.79 Å². The number of nitrogens with one attached hydrogen (secondary N) is 1. The quantitative estimate of drug-likeness (QED) is 0.636. The molecule has 1 saturated carbocycles. The Kier molecular flexibility index (Phi) is 3.18. The Morgan fingerprint density at radius 2 is 2.31 bits per heavy atom. The van der Waals surface area contributed by atoms with Crippen molar-refractivity contribution in [1.29, 1.82) is 0 Å². The van der Waals surface area contributed by atoms with Crippen LogP contribution in [0, 0.1) is 12.3 Å². The fourth-order valence-electron chi connectivity index (χ4n) is 1.12. The number of carbonyl (C=O) groups excluding carboxylic acids is 1. The summed E-state index contributed by atoms with van der Waals surface area (Å²) in [6, 6.07) is 0.176. The largest absolute Gasteiger partial charge is 0.335 e. The standard InChI is InChI=1S/C10H16N2O/c1-4-8(2)12(3)10(13)11-9-6-5-7-9/h1,8-9H,5-7H2,2-3H3,(H,11,13). The highest BCUT2D eigenvalue weighted by molar-refractivity contribution is 5.75. The van der Waals surface area contributed by atoms with E-state index < -0.39 is 0 Å². The second-order valence-electron chi connectivity index (χ2n) is 3.53. The van der Waals surface area contributed by atoms with Crippen LogP contribution in [0.15, 0.2) is 0 Å². The van der Waals surface area contributed by atoms with Gasteiger partial charge in [-0.15, -0.1) is 6.42 Å². The summed E-state index contributed by atoms with van der Waals surface area (Å²) in [6.45, 7) is 1.83. The minimum Gasteiger partial charge on any atom is -0.335 e. The van der Waals surface area contributed by atoms with Gasteiger partial charge >= 0.3 is 6.03 Å². The summed E-state index contributed by atoms with van der Waals surface area (Å²) in [4.78, 5) is 13.0. The Hall–Kier alpha value is -1.17. The molecule has 1 aliphatic carbocycles. The van der Waals surface area contributed by atoms with Crippen molar-refractivity contribution in [1.82, 2.24) is 10.2 Å². The Morgan fingerprint density at radius 1 is 1.69 bits per heavy atom. The molecule has 3 heteroatoms. The molecule has 0 bridgehead atoms. The van der Waals surface area contributed by atoms with Crippen LogP contribution in [0.5, 0.6) is 0 Å². The first-order chi connectivity index (χ1) is 6.15. The molecule has 0 heterocycles. The number of nitrogens with zero attached hydrogens (tertiary/aromatic N) is 1. The van der Waals surface area contributed by atoms with Crippen LogP contribution in [0.25, 0.3) is 0 Å². The van der Waals surface area contributed by atoms with Gasteiger partial charge in [-0.05, 0) is 26.2 Å². The van der Waals surface area contributed by atoms with Crippen molar-refractivity contribution in [2.45, 2.75) is 38.3 Å². The van der Waals surface area contributed by atoms with E-state index in [-0.39, 0.29) is 12.1 Å². The molecule has 0 saturated heterocycles. The lowest BCUT2D eigenvalue weighted by Crippen LogP contribution is -2.48. The van der Waals surface area contributed by atoms with Crippen molar-refractivity contribution < 1.29 is 4.79 Å². The molecule has 1 fully saturated rings. The van der Waals surface area contributed by atoms with Crippen molar-refractivity contribution in [3.63, 3.8) is 0 Å². The number of hydrogen-bond acceptors (Lipinski definition) is 1. The molecule has 3 nitrogen and oxygen atoms in total. The van der Waals surface area contributed by atoms with E-state index in [0.717, 1.165) is 12.8 Å². The lowest BCUT2D eigenvalue weighted by atomic mass is 9.93. The molecule has 1 aliphatic rings. The van der Waals surface area contributed by atoms with Gasteiger partial charge in [-0.3, -0.25) is 0 Å². The normalized spacial score (nSPS) is 18.2. The Bertz CT molecular complexity index is 228. The molecule has 0 aromatic heterocycles. The average molecular weight is 180 g/mol. The average Bonchev–Trinajstić information content (AvgIpc) is 2.08. The highest BCUT2D eigenvalue weighted by atomic mass is 16.2. The fraction of sp³-hybridized carbons (Fsp3) is 0.700. The summed E-state index contributed by atoms with van der Waals surface area (Å²) in [5.74, 6) is 2.52. The third-order valence-electron chi connectivity index (χ3n) is 2.58. The lowest BCUT2D eigenvalue weighted by molar-refractivity contribution is 0.191. The minimum absolute atomic E-state index is 0.0600. The maximum Gasteiger partial charge on any atom is 0.318 e. The van der Waals surface area contributed by atoms with Crippen molar-refractivity contribution in [3.05, 3.63) is 0 Å². The highest BCUT2D eigenvalue weighted by Gasteiger charge is 2.22. The summed E-state index contributed by atoms with van der Waals surface area (Å²) in [5.41, 5.74) is 0. The number of amides is 2. The molecule has 72 valence electrons. The van der Waals surface area contributed by atoms with Gasteiger partial charge < -0.3 is 10.2 Å². The summed E-state index contributed by atoms with van der Waals surface area (Å²) in [5, 5.41) is 2.92. The third-order valence-corrected chi connectivity index (χ3v) is 2.58. The molecule has 13 heavy (non-hydrogen) atoms. The molecule has 0 aromatic rings. The fourth-order valence-corrected chi connectivity index (χ4v) is 1.12. The Morgan fingerprint density at radius 3 is 2.69 bits per heavy atom. The molecule has 0 spiro atoms. The monoisotopic (exact) mass is 180 g/mol. The van der Waals surface area contributed by atoms with Crippen LogP contribution < -0.4 is 5.32 Å². The molecule has 1 unspecified atom stereocenters. The van der Waals surface area contributed by atoms with Gasteiger partial charge in [0.05, 0.1) is 6.04 Å². The number of carbonyl (C=O) groups is 1. The predicted octanol–water partition coefficient (Wildman–Crippen LogP) is 1.20. The summed E-state index contributed by atoms with van der Waals surface area (Å²) >= 11 is 0. The minimum atomic E-state index is -0.139. The van der Waals surface area contributed by atoms with Gasteiger partial charge in [0.2, 0.25) is 0 Å². The third kappa shape index (κ3) is 2.38. The SMILES string of the molecule is C#CC(C)N(C)C(=O)NC1CCC1. The predicted molar refractivity (Wildman–Crippen MR) is 52.2 cm³/mol. The first-order valence-electron chi connectivity index (χ1n) is 4.64. The molecule has 1 atom stereocenters. The van der Waals surface area contributed by atoms with Crippen molar-refractivity contribution in [2.75, 3.05) is 7.05 Å². The second kappa shape index (κ2) is 4.18. The molecular weight excluding hydrogens is 164 g/mol. The van der Waals surface area contributed by atoms with Crippen LogP contribution in [0.2, 0.25) is 0 Å². The molecule has 0 aliphatic heterocycles. The molecule has 0 aromatic carbocycles. The number of terminal acetylenes is 1. The van der Waals surface area contributed by atoms with Crippen molar-refractivity contribution >= 4 is 6.03 Å². The van der Waals surface area contributed by atoms with E-state index >= 15 is 0 Å².